The number of likely N-dealkylation sites (N-methyl/N-ethyl adjacent to an activating group) is 1. The van der Waals surface area contributed by atoms with Crippen LogP contribution in [0.25, 0.3) is 10.9 Å². The van der Waals surface area contributed by atoms with E-state index in [-0.39, 0.29) is 41.0 Å². The van der Waals surface area contributed by atoms with Crippen LogP contribution >= 0.6 is 7.60 Å². The monoisotopic (exact) mass is 721 g/mol. The number of benzene rings is 3. The van der Waals surface area contributed by atoms with Crippen molar-refractivity contribution in [2.45, 2.75) is 56.0 Å². The van der Waals surface area contributed by atoms with Gasteiger partial charge in [0.1, 0.15) is 17.8 Å². The first kappa shape index (κ1) is 35.9. The molecule has 12 nitrogen and oxygen atoms in total. The van der Waals surface area contributed by atoms with Gasteiger partial charge in [-0.2, -0.15) is 8.78 Å². The van der Waals surface area contributed by atoms with Gasteiger partial charge in [0, 0.05) is 49.6 Å². The van der Waals surface area contributed by atoms with E-state index in [1.54, 1.807) is 16.8 Å². The van der Waals surface area contributed by atoms with Crippen LogP contribution in [0, 0.1) is 0 Å². The first-order valence-electron chi connectivity index (χ1n) is 16.5. The van der Waals surface area contributed by atoms with Crippen LogP contribution in [0.2, 0.25) is 0 Å². The van der Waals surface area contributed by atoms with Crippen molar-refractivity contribution in [3.05, 3.63) is 107 Å². The van der Waals surface area contributed by atoms with Crippen molar-refractivity contribution in [2.75, 3.05) is 20.1 Å². The summed E-state index contributed by atoms with van der Waals surface area (Å²) in [6.07, 6.45) is 1.36. The Morgan fingerprint density at radius 1 is 0.961 bits per heavy atom. The zero-order valence-electron chi connectivity index (χ0n) is 27.9. The summed E-state index contributed by atoms with van der Waals surface area (Å²) < 4.78 is 40.2. The van der Waals surface area contributed by atoms with Crippen LogP contribution in [0.15, 0.2) is 84.9 Å². The van der Waals surface area contributed by atoms with Gasteiger partial charge in [-0.15, -0.1) is 0 Å². The smallest absolute Gasteiger partial charge is 0.351 e. The van der Waals surface area contributed by atoms with Crippen molar-refractivity contribution in [3.63, 3.8) is 0 Å². The number of carbonyl (C=O) groups is 4. The fraction of sp³-hybridized carbons (Fsp3) is 0.333. The quantitative estimate of drug-likeness (QED) is 0.197. The van der Waals surface area contributed by atoms with Crippen LogP contribution in [-0.4, -0.2) is 91.4 Å². The Bertz CT molecular complexity index is 1970. The molecule has 268 valence electrons. The number of nitrogens with one attached hydrogen (secondary N) is 2. The lowest BCUT2D eigenvalue weighted by molar-refractivity contribution is -0.148. The van der Waals surface area contributed by atoms with Crippen molar-refractivity contribution in [3.8, 4) is 0 Å². The zero-order chi connectivity index (χ0) is 36.7. The number of hydrogen-bond acceptors (Lipinski definition) is 5. The molecule has 15 heteroatoms. The predicted octanol–water partition coefficient (Wildman–Crippen LogP) is 4.35. The van der Waals surface area contributed by atoms with Gasteiger partial charge in [0.2, 0.25) is 17.7 Å². The molecule has 4 amide bonds. The van der Waals surface area contributed by atoms with Gasteiger partial charge in [-0.3, -0.25) is 23.7 Å². The van der Waals surface area contributed by atoms with Crippen LogP contribution in [0.4, 0.5) is 8.78 Å². The number of halogens is 2. The average Bonchev–Trinajstić information content (AvgIpc) is 3.73. The van der Waals surface area contributed by atoms with Crippen molar-refractivity contribution >= 4 is 42.1 Å². The lowest BCUT2D eigenvalue weighted by atomic mass is 9.96. The highest BCUT2D eigenvalue weighted by Crippen LogP contribution is 2.59. The normalized spacial score (nSPS) is 19.8. The van der Waals surface area contributed by atoms with Gasteiger partial charge in [-0.05, 0) is 48.6 Å². The lowest BCUT2D eigenvalue weighted by Gasteiger charge is -2.40. The number of aromatic amines is 1. The maximum Gasteiger partial charge on any atom is 0.399 e. The standard InChI is InChI=1S/C36H38F2N5O7P/c1-22(44)42-18-17-27-14-16-31(35(47)41(2)32(23-9-5-3-6-10-23)24-11-7-4-8-12-24)43(27)34(46)30(21-42)40-33(45)29-20-25-19-26(13-15-28(25)39-29)36(37,38)51(48,49)50/h3-13,15,19-20,27,30-32,39H,14,16-18,21H2,1-2H3,(H,40,45)(H2,48,49,50)/t27-,30+,31?/m1/s1. The van der Waals surface area contributed by atoms with Gasteiger partial charge in [0.05, 0.1) is 6.04 Å². The highest BCUT2D eigenvalue weighted by molar-refractivity contribution is 7.52. The summed E-state index contributed by atoms with van der Waals surface area (Å²) in [5.74, 6) is -1.87. The number of alkyl halides is 2. The third kappa shape index (κ3) is 7.03. The number of rotatable bonds is 8. The summed E-state index contributed by atoms with van der Waals surface area (Å²) in [5, 5.41) is 2.77. The van der Waals surface area contributed by atoms with Gasteiger partial charge >= 0.3 is 13.3 Å². The Kier molecular flexibility index (Phi) is 9.86. The van der Waals surface area contributed by atoms with Gasteiger partial charge < -0.3 is 34.8 Å². The van der Waals surface area contributed by atoms with E-state index in [1.165, 1.54) is 24.0 Å². The molecule has 4 aromatic rings. The molecule has 0 bridgehead atoms. The van der Waals surface area contributed by atoms with E-state index in [9.17, 15) is 32.5 Å². The summed E-state index contributed by atoms with van der Waals surface area (Å²) in [6, 6.07) is 20.4. The summed E-state index contributed by atoms with van der Waals surface area (Å²) in [6.45, 7) is 1.51. The van der Waals surface area contributed by atoms with Crippen molar-refractivity contribution in [2.24, 2.45) is 0 Å². The molecule has 3 atom stereocenters. The van der Waals surface area contributed by atoms with E-state index in [0.717, 1.165) is 23.3 Å². The minimum atomic E-state index is -5.82. The lowest BCUT2D eigenvalue weighted by Crippen LogP contribution is -2.61. The van der Waals surface area contributed by atoms with Crippen LogP contribution in [0.5, 0.6) is 0 Å². The molecule has 4 N–H and O–H groups in total. The Balaban J connectivity index is 1.28. The summed E-state index contributed by atoms with van der Waals surface area (Å²) in [4.78, 5) is 80.8. The maximum atomic E-state index is 14.4. The van der Waals surface area contributed by atoms with Gasteiger partial charge in [-0.1, -0.05) is 66.7 Å². The summed E-state index contributed by atoms with van der Waals surface area (Å²) in [5.41, 5.74) is -3.45. The Hall–Kier alpha value is -4.91. The second-order valence-electron chi connectivity index (χ2n) is 13.0. The minimum Gasteiger partial charge on any atom is -0.351 e. The fourth-order valence-electron chi connectivity index (χ4n) is 7.13. The van der Waals surface area contributed by atoms with E-state index in [4.69, 9.17) is 9.79 Å². The molecule has 1 aromatic heterocycles. The van der Waals surface area contributed by atoms with E-state index in [0.29, 0.717) is 25.8 Å². The molecule has 0 radical (unpaired) electrons. The fourth-order valence-corrected chi connectivity index (χ4v) is 7.60. The van der Waals surface area contributed by atoms with Crippen molar-refractivity contribution < 1.29 is 42.3 Å². The molecular formula is C36H38F2N5O7P. The molecule has 0 saturated carbocycles. The second-order valence-corrected chi connectivity index (χ2v) is 14.7. The number of carbonyl (C=O) groups excluding carboxylic acids is 4. The molecule has 2 fully saturated rings. The zero-order valence-corrected chi connectivity index (χ0v) is 28.8. The number of hydrogen-bond donors (Lipinski definition) is 4. The Morgan fingerprint density at radius 3 is 2.18 bits per heavy atom. The molecule has 0 aliphatic carbocycles. The molecule has 1 unspecified atom stereocenters. The molecule has 2 saturated heterocycles. The Labute approximate surface area is 292 Å². The molecule has 6 rings (SSSR count). The van der Waals surface area contributed by atoms with Crippen LogP contribution < -0.4 is 5.32 Å². The second kappa shape index (κ2) is 14.0. The molecule has 51 heavy (non-hydrogen) atoms. The van der Waals surface area contributed by atoms with Crippen LogP contribution in [0.3, 0.4) is 0 Å². The third-order valence-electron chi connectivity index (χ3n) is 9.77. The van der Waals surface area contributed by atoms with Crippen LogP contribution in [0.1, 0.15) is 59.4 Å². The van der Waals surface area contributed by atoms with Crippen molar-refractivity contribution in [1.82, 2.24) is 25.0 Å². The largest absolute Gasteiger partial charge is 0.399 e. The molecule has 3 aromatic carbocycles. The summed E-state index contributed by atoms with van der Waals surface area (Å²) >= 11 is 0. The van der Waals surface area contributed by atoms with Crippen LogP contribution in [-0.2, 0) is 24.6 Å². The van der Waals surface area contributed by atoms with E-state index in [1.807, 2.05) is 60.7 Å². The Morgan fingerprint density at radius 2 is 1.59 bits per heavy atom. The third-order valence-corrected chi connectivity index (χ3v) is 10.8. The topological polar surface area (TPSA) is 163 Å². The van der Waals surface area contributed by atoms with E-state index >= 15 is 0 Å². The molecule has 0 spiro atoms. The first-order valence-corrected chi connectivity index (χ1v) is 18.1. The maximum absolute atomic E-state index is 14.4. The molecule has 3 heterocycles. The van der Waals surface area contributed by atoms with E-state index in [2.05, 4.69) is 10.3 Å². The molecule has 2 aliphatic rings. The summed E-state index contributed by atoms with van der Waals surface area (Å²) in [7, 11) is -4.11. The average molecular weight is 722 g/mol. The van der Waals surface area contributed by atoms with Gasteiger partial charge in [-0.25, -0.2) is 0 Å². The van der Waals surface area contributed by atoms with E-state index < -0.39 is 48.8 Å². The first-order chi connectivity index (χ1) is 24.2. The predicted molar refractivity (Wildman–Crippen MR) is 184 cm³/mol. The SMILES string of the molecule is CC(=O)N1CC[C@H]2CCC(C(=O)N(C)C(c3ccccc3)c3ccccc3)N2C(=O)[C@@H](NC(=O)c2cc3cc(C(F)(F)P(=O)(O)O)ccc3[nH]2)C1. The molecule has 2 aliphatic heterocycles. The minimum absolute atomic E-state index is 0.0832. The number of nitrogens with zero attached hydrogens (tertiary/aromatic N) is 3. The van der Waals surface area contributed by atoms with Gasteiger partial charge in [0.15, 0.2) is 0 Å². The number of fused-ring (bicyclic) bond motifs is 2. The number of H-pyrrole nitrogens is 1. The highest BCUT2D eigenvalue weighted by atomic mass is 31.2. The molecular weight excluding hydrogens is 683 g/mol. The number of aromatic nitrogens is 1. The van der Waals surface area contributed by atoms with Crippen molar-refractivity contribution in [1.29, 1.82) is 0 Å². The van der Waals surface area contributed by atoms with Gasteiger partial charge in [0.25, 0.3) is 5.91 Å². The number of amides is 4. The highest BCUT2D eigenvalue weighted by Gasteiger charge is 2.50.